The van der Waals surface area contributed by atoms with E-state index in [2.05, 4.69) is 22.1 Å². The van der Waals surface area contributed by atoms with Gasteiger partial charge in [0.2, 0.25) is 0 Å². The van der Waals surface area contributed by atoms with E-state index in [-0.39, 0.29) is 30.0 Å². The molecule has 0 aliphatic carbocycles. The van der Waals surface area contributed by atoms with Crippen LogP contribution >= 0.6 is 0 Å². The molecule has 4 N–H and O–H groups in total. The number of aliphatic hydroxyl groups is 1. The van der Waals surface area contributed by atoms with Gasteiger partial charge in [-0.1, -0.05) is 13.0 Å². The molecular weight excluding hydrogens is 493 g/mol. The van der Waals surface area contributed by atoms with E-state index in [1.54, 1.807) is 18.5 Å². The molecule has 2 aromatic carbocycles. The summed E-state index contributed by atoms with van der Waals surface area (Å²) in [6.45, 7) is 4.68. The van der Waals surface area contributed by atoms with Gasteiger partial charge in [0.15, 0.2) is 0 Å². The van der Waals surface area contributed by atoms with E-state index in [0.717, 1.165) is 43.0 Å². The summed E-state index contributed by atoms with van der Waals surface area (Å²) in [4.78, 5) is 6.47. The molecule has 202 valence electrons. The Morgan fingerprint density at radius 3 is 2.53 bits per heavy atom. The second kappa shape index (κ2) is 10.9. The minimum atomic E-state index is -1.37. The number of nitrogens with one attached hydrogen (secondary N) is 1. The molecular formula is C29H33F3N4O2. The lowest BCUT2D eigenvalue weighted by atomic mass is 9.85. The Balaban J connectivity index is 1.39. The van der Waals surface area contributed by atoms with Crippen molar-refractivity contribution in [1.82, 2.24) is 4.98 Å². The molecule has 0 bridgehead atoms. The maximum absolute atomic E-state index is 15.2. The Labute approximate surface area is 220 Å². The first-order valence-corrected chi connectivity index (χ1v) is 13.0. The van der Waals surface area contributed by atoms with Gasteiger partial charge in [-0.25, -0.2) is 13.2 Å². The number of rotatable bonds is 6. The Hall–Kier alpha value is -3.14. The van der Waals surface area contributed by atoms with Crippen LogP contribution in [0.4, 0.5) is 24.5 Å². The highest BCUT2D eigenvalue weighted by atomic mass is 19.1. The normalized spacial score (nSPS) is 21.4. The molecule has 0 radical (unpaired) electrons. The van der Waals surface area contributed by atoms with Gasteiger partial charge in [-0.15, -0.1) is 0 Å². The summed E-state index contributed by atoms with van der Waals surface area (Å²) in [6.07, 6.45) is 4.90. The third kappa shape index (κ3) is 5.50. The number of hydrogen-bond acceptors (Lipinski definition) is 6. The van der Waals surface area contributed by atoms with Crippen LogP contribution in [0.15, 0.2) is 48.8 Å². The van der Waals surface area contributed by atoms with Gasteiger partial charge in [-0.05, 0) is 53.8 Å². The van der Waals surface area contributed by atoms with E-state index >= 15 is 8.78 Å². The molecule has 1 aromatic heterocycles. The van der Waals surface area contributed by atoms with Gasteiger partial charge in [0.1, 0.15) is 17.5 Å². The van der Waals surface area contributed by atoms with Gasteiger partial charge >= 0.3 is 0 Å². The molecule has 9 heteroatoms. The highest BCUT2D eigenvalue weighted by Gasteiger charge is 2.34. The van der Waals surface area contributed by atoms with E-state index in [1.165, 1.54) is 12.1 Å². The largest absolute Gasteiger partial charge is 0.385 e. The number of ether oxygens (including phenoxy) is 1. The monoisotopic (exact) mass is 526 g/mol. The number of nitrogens with zero attached hydrogens (tertiary/aromatic N) is 2. The van der Waals surface area contributed by atoms with Crippen LogP contribution in [0.5, 0.6) is 0 Å². The predicted molar refractivity (Wildman–Crippen MR) is 141 cm³/mol. The lowest BCUT2D eigenvalue weighted by Crippen LogP contribution is -2.46. The fraction of sp³-hybridized carbons (Fsp3) is 0.414. The summed E-state index contributed by atoms with van der Waals surface area (Å²) in [5.41, 5.74) is 6.79. The van der Waals surface area contributed by atoms with Crippen LogP contribution in [-0.4, -0.2) is 42.4 Å². The van der Waals surface area contributed by atoms with Crippen molar-refractivity contribution in [3.8, 4) is 11.1 Å². The molecule has 2 saturated heterocycles. The van der Waals surface area contributed by atoms with Crippen LogP contribution in [-0.2, 0) is 16.9 Å². The molecule has 0 saturated carbocycles. The molecule has 6 nitrogen and oxygen atoms in total. The number of hydrogen-bond donors (Lipinski definition) is 3. The van der Waals surface area contributed by atoms with Crippen molar-refractivity contribution in [2.24, 2.45) is 11.7 Å². The highest BCUT2D eigenvalue weighted by Crippen LogP contribution is 2.37. The highest BCUT2D eigenvalue weighted by molar-refractivity contribution is 5.70. The smallest absolute Gasteiger partial charge is 0.134 e. The Bertz CT molecular complexity index is 1270. The topological polar surface area (TPSA) is 83.6 Å². The molecule has 2 atom stereocenters. The van der Waals surface area contributed by atoms with E-state index in [4.69, 9.17) is 10.5 Å². The zero-order valence-corrected chi connectivity index (χ0v) is 21.4. The van der Waals surface area contributed by atoms with E-state index in [1.807, 2.05) is 6.07 Å². The third-order valence-corrected chi connectivity index (χ3v) is 7.51. The second-order valence-corrected chi connectivity index (χ2v) is 10.5. The predicted octanol–water partition coefficient (Wildman–Crippen LogP) is 4.95. The summed E-state index contributed by atoms with van der Waals surface area (Å²) in [5.74, 6) is -2.12. The van der Waals surface area contributed by atoms with Gasteiger partial charge in [0.05, 0.1) is 28.7 Å². The number of aromatic nitrogens is 1. The molecule has 2 aliphatic rings. The van der Waals surface area contributed by atoms with Crippen molar-refractivity contribution in [3.63, 3.8) is 0 Å². The van der Waals surface area contributed by atoms with Crippen LogP contribution in [0.2, 0.25) is 0 Å². The molecule has 2 fully saturated rings. The molecule has 2 aliphatic heterocycles. The third-order valence-electron chi connectivity index (χ3n) is 7.51. The van der Waals surface area contributed by atoms with Gasteiger partial charge in [-0.3, -0.25) is 4.98 Å². The van der Waals surface area contributed by atoms with Gasteiger partial charge in [0.25, 0.3) is 0 Å². The van der Waals surface area contributed by atoms with Crippen LogP contribution in [0.1, 0.15) is 37.3 Å². The van der Waals surface area contributed by atoms with Crippen molar-refractivity contribution in [3.05, 3.63) is 77.4 Å². The van der Waals surface area contributed by atoms with E-state index < -0.39 is 28.6 Å². The van der Waals surface area contributed by atoms with E-state index in [9.17, 15) is 9.50 Å². The van der Waals surface area contributed by atoms with Gasteiger partial charge < -0.3 is 25.8 Å². The Morgan fingerprint density at radius 2 is 1.82 bits per heavy atom. The summed E-state index contributed by atoms with van der Waals surface area (Å²) in [7, 11) is 0. The minimum Gasteiger partial charge on any atom is -0.385 e. The van der Waals surface area contributed by atoms with Gasteiger partial charge in [-0.2, -0.15) is 0 Å². The minimum absolute atomic E-state index is 0.0859. The quantitative estimate of drug-likeness (QED) is 0.422. The first kappa shape index (κ1) is 26.5. The number of pyridine rings is 1. The summed E-state index contributed by atoms with van der Waals surface area (Å²) in [6, 6.07) is 8.45. The molecule has 38 heavy (non-hydrogen) atoms. The average Bonchev–Trinajstić information content (AvgIpc) is 2.88. The van der Waals surface area contributed by atoms with Crippen LogP contribution in [0.3, 0.4) is 0 Å². The molecule has 3 aromatic rings. The maximum atomic E-state index is 15.2. The van der Waals surface area contributed by atoms with Crippen LogP contribution in [0, 0.1) is 23.4 Å². The van der Waals surface area contributed by atoms with Crippen molar-refractivity contribution in [2.45, 2.75) is 44.4 Å². The fourth-order valence-electron chi connectivity index (χ4n) is 5.56. The molecule has 0 amide bonds. The first-order chi connectivity index (χ1) is 18.2. The van der Waals surface area contributed by atoms with Crippen LogP contribution in [0.25, 0.3) is 11.1 Å². The second-order valence-electron chi connectivity index (χ2n) is 10.5. The number of halogens is 3. The van der Waals surface area contributed by atoms with Crippen molar-refractivity contribution in [1.29, 1.82) is 0 Å². The standard InChI is InChI=1S/C29H33F3N4O2/c1-18-10-21(33)17-36(16-18)27-4-7-34-15-26(27)35-14-19-2-3-23(30)22(11-19)28-24(31)12-20(13-25(28)32)29(37)5-8-38-9-6-29/h2-4,7,11-13,15,18,21,35,37H,5-6,8-10,14,16-17,33H2,1H3. The zero-order valence-electron chi connectivity index (χ0n) is 21.4. The summed E-state index contributed by atoms with van der Waals surface area (Å²) < 4.78 is 50.5. The number of piperidine rings is 1. The number of anilines is 2. The molecule has 0 spiro atoms. The summed E-state index contributed by atoms with van der Waals surface area (Å²) in [5, 5.41) is 14.2. The zero-order chi connectivity index (χ0) is 26.9. The SMILES string of the molecule is CC1CC(N)CN(c2ccncc2NCc2ccc(F)c(-c3c(F)cc(C4(O)CCOCC4)cc3F)c2)C1. The molecule has 5 rings (SSSR count). The Morgan fingerprint density at radius 1 is 1.08 bits per heavy atom. The lowest BCUT2D eigenvalue weighted by Gasteiger charge is -2.37. The Kier molecular flexibility index (Phi) is 7.61. The maximum Gasteiger partial charge on any atom is 0.134 e. The fourth-order valence-corrected chi connectivity index (χ4v) is 5.56. The number of nitrogens with two attached hydrogens (primary N) is 1. The van der Waals surface area contributed by atoms with Crippen molar-refractivity contribution >= 4 is 11.4 Å². The summed E-state index contributed by atoms with van der Waals surface area (Å²) >= 11 is 0. The van der Waals surface area contributed by atoms with Crippen LogP contribution < -0.4 is 16.0 Å². The lowest BCUT2D eigenvalue weighted by molar-refractivity contribution is -0.0682. The first-order valence-electron chi connectivity index (χ1n) is 13.0. The van der Waals surface area contributed by atoms with Crippen molar-refractivity contribution in [2.75, 3.05) is 36.5 Å². The average molecular weight is 527 g/mol. The molecule has 2 unspecified atom stereocenters. The van der Waals surface area contributed by atoms with Gasteiger partial charge in [0, 0.05) is 63.5 Å². The number of benzene rings is 2. The molecule has 3 heterocycles. The van der Waals surface area contributed by atoms with Crippen molar-refractivity contribution < 1.29 is 23.0 Å². The van der Waals surface area contributed by atoms with E-state index in [0.29, 0.717) is 31.2 Å².